The van der Waals surface area contributed by atoms with E-state index in [1.54, 1.807) is 0 Å². The van der Waals surface area contributed by atoms with Crippen LogP contribution in [0.15, 0.2) is 84.9 Å². The van der Waals surface area contributed by atoms with Gasteiger partial charge < -0.3 is 20.8 Å². The molecule has 0 spiro atoms. The molecular formula is C39H46N2O4. The number of amides is 2. The molecule has 236 valence electrons. The van der Waals surface area contributed by atoms with Gasteiger partial charge in [0.05, 0.1) is 23.3 Å². The fourth-order valence-electron chi connectivity index (χ4n) is 7.84. The van der Waals surface area contributed by atoms with Crippen molar-refractivity contribution in [2.75, 3.05) is 0 Å². The Morgan fingerprint density at radius 2 is 0.889 bits per heavy atom. The van der Waals surface area contributed by atoms with Crippen molar-refractivity contribution < 1.29 is 19.8 Å². The van der Waals surface area contributed by atoms with Gasteiger partial charge in [0.1, 0.15) is 6.42 Å². The van der Waals surface area contributed by atoms with Crippen molar-refractivity contribution in [2.45, 2.75) is 107 Å². The van der Waals surface area contributed by atoms with Gasteiger partial charge in [-0.3, -0.25) is 9.59 Å². The number of hydrogen-bond acceptors (Lipinski definition) is 4. The SMILES string of the molecule is O=C(CC(=O)N[C@@H](c1cccc2ccccc12)C1(O)CCCCCC1)N[C@@H](c1cccc2ccccc12)C1(O)CCCCCC1. The molecule has 0 bridgehead atoms. The summed E-state index contributed by atoms with van der Waals surface area (Å²) in [6.45, 7) is 0. The summed E-state index contributed by atoms with van der Waals surface area (Å²) < 4.78 is 0. The van der Waals surface area contributed by atoms with Crippen LogP contribution in [-0.4, -0.2) is 33.2 Å². The molecule has 2 atom stereocenters. The van der Waals surface area contributed by atoms with Crippen LogP contribution in [0.2, 0.25) is 0 Å². The van der Waals surface area contributed by atoms with Crippen molar-refractivity contribution in [3.05, 3.63) is 96.1 Å². The number of rotatable bonds is 8. The second kappa shape index (κ2) is 13.7. The standard InChI is InChI=1S/C39H46N2O4/c42-34(40-36(38(44)23-9-1-2-10-24-38)32-21-13-17-28-15-5-7-19-30(28)32)27-35(43)41-37(39(45)25-11-3-4-12-26-39)33-22-14-18-29-16-6-8-20-31(29)33/h5-8,13-22,36-37,44-45H,1-4,9-12,23-27H2,(H,40,42)(H,41,43)/t36-,37-/m0/s1. The molecule has 2 aliphatic rings. The predicted octanol–water partition coefficient (Wildman–Crippen LogP) is 7.57. The van der Waals surface area contributed by atoms with E-state index >= 15 is 0 Å². The molecule has 2 aliphatic carbocycles. The Bertz CT molecular complexity index is 1500. The highest BCUT2D eigenvalue weighted by Crippen LogP contribution is 2.41. The Morgan fingerprint density at radius 1 is 0.533 bits per heavy atom. The zero-order valence-corrected chi connectivity index (χ0v) is 26.1. The minimum absolute atomic E-state index is 0.394. The molecule has 6 heteroatoms. The first-order valence-electron chi connectivity index (χ1n) is 16.9. The van der Waals surface area contributed by atoms with Crippen LogP contribution in [0.1, 0.15) is 107 Å². The molecule has 0 saturated heterocycles. The molecular weight excluding hydrogens is 560 g/mol. The van der Waals surface area contributed by atoms with Crippen molar-refractivity contribution >= 4 is 33.4 Å². The number of benzene rings is 4. The number of fused-ring (bicyclic) bond motifs is 2. The monoisotopic (exact) mass is 606 g/mol. The van der Waals surface area contributed by atoms with Crippen LogP contribution < -0.4 is 10.6 Å². The lowest BCUT2D eigenvalue weighted by Gasteiger charge is -2.38. The van der Waals surface area contributed by atoms with Gasteiger partial charge >= 0.3 is 0 Å². The van der Waals surface area contributed by atoms with Gasteiger partial charge in [-0.1, -0.05) is 136 Å². The number of nitrogens with one attached hydrogen (secondary N) is 2. The van der Waals surface area contributed by atoms with E-state index in [1.807, 2.05) is 84.9 Å². The molecule has 4 N–H and O–H groups in total. The normalized spacial score (nSPS) is 19.6. The number of hydrogen-bond donors (Lipinski definition) is 4. The summed E-state index contributed by atoms with van der Waals surface area (Å²) in [5.41, 5.74) is -0.498. The molecule has 4 aromatic rings. The summed E-state index contributed by atoms with van der Waals surface area (Å²) in [7, 11) is 0. The van der Waals surface area contributed by atoms with Gasteiger partial charge in [-0.05, 0) is 58.4 Å². The third kappa shape index (κ3) is 6.92. The van der Waals surface area contributed by atoms with E-state index in [-0.39, 0.29) is 0 Å². The molecule has 0 heterocycles. The van der Waals surface area contributed by atoms with E-state index in [9.17, 15) is 19.8 Å². The lowest BCUT2D eigenvalue weighted by Crippen LogP contribution is -2.49. The quantitative estimate of drug-likeness (QED) is 0.123. The molecule has 2 saturated carbocycles. The molecule has 2 amide bonds. The maximum absolute atomic E-state index is 13.7. The van der Waals surface area contributed by atoms with E-state index < -0.39 is 41.5 Å². The van der Waals surface area contributed by atoms with Gasteiger partial charge in [0.25, 0.3) is 0 Å². The first-order chi connectivity index (χ1) is 21.9. The van der Waals surface area contributed by atoms with Gasteiger partial charge in [-0.2, -0.15) is 0 Å². The minimum atomic E-state index is -1.12. The average Bonchev–Trinajstić information content (AvgIpc) is 3.42. The van der Waals surface area contributed by atoms with Crippen molar-refractivity contribution in [1.29, 1.82) is 0 Å². The van der Waals surface area contributed by atoms with Gasteiger partial charge in [0.2, 0.25) is 11.8 Å². The zero-order valence-electron chi connectivity index (χ0n) is 26.1. The summed E-state index contributed by atoms with van der Waals surface area (Å²) in [4.78, 5) is 27.5. The summed E-state index contributed by atoms with van der Waals surface area (Å²) in [6.07, 6.45) is 9.73. The average molecular weight is 607 g/mol. The smallest absolute Gasteiger partial charge is 0.230 e. The van der Waals surface area contributed by atoms with Gasteiger partial charge in [0, 0.05) is 0 Å². The summed E-state index contributed by atoms with van der Waals surface area (Å²) >= 11 is 0. The predicted molar refractivity (Wildman–Crippen MR) is 180 cm³/mol. The highest BCUT2D eigenvalue weighted by atomic mass is 16.3. The molecule has 0 radical (unpaired) electrons. The van der Waals surface area contributed by atoms with E-state index in [0.29, 0.717) is 25.7 Å². The highest BCUT2D eigenvalue weighted by molar-refractivity contribution is 5.98. The lowest BCUT2D eigenvalue weighted by molar-refractivity contribution is -0.133. The summed E-state index contributed by atoms with van der Waals surface area (Å²) in [5, 5.41) is 34.5. The summed E-state index contributed by atoms with van der Waals surface area (Å²) in [5.74, 6) is -0.875. The zero-order chi connectivity index (χ0) is 31.3. The lowest BCUT2D eigenvalue weighted by atomic mass is 9.80. The molecule has 4 aromatic carbocycles. The van der Waals surface area contributed by atoms with E-state index in [1.165, 1.54) is 0 Å². The Kier molecular flexibility index (Phi) is 9.53. The molecule has 6 rings (SSSR count). The maximum Gasteiger partial charge on any atom is 0.230 e. The van der Waals surface area contributed by atoms with E-state index in [0.717, 1.165) is 84.0 Å². The van der Waals surface area contributed by atoms with Gasteiger partial charge in [-0.15, -0.1) is 0 Å². The van der Waals surface area contributed by atoms with E-state index in [4.69, 9.17) is 0 Å². The van der Waals surface area contributed by atoms with Crippen LogP contribution in [0, 0.1) is 0 Å². The van der Waals surface area contributed by atoms with Crippen molar-refractivity contribution in [3.8, 4) is 0 Å². The maximum atomic E-state index is 13.7. The molecule has 45 heavy (non-hydrogen) atoms. The minimum Gasteiger partial charge on any atom is -0.387 e. The van der Waals surface area contributed by atoms with Crippen molar-refractivity contribution in [3.63, 3.8) is 0 Å². The Balaban J connectivity index is 1.28. The van der Waals surface area contributed by atoms with Crippen molar-refractivity contribution in [2.24, 2.45) is 0 Å². The number of aliphatic hydroxyl groups is 2. The first kappa shape index (κ1) is 31.3. The third-order valence-corrected chi connectivity index (χ3v) is 10.2. The Labute approximate surface area is 266 Å². The largest absolute Gasteiger partial charge is 0.387 e. The molecule has 2 fully saturated rings. The first-order valence-corrected chi connectivity index (χ1v) is 16.9. The second-order valence-corrected chi connectivity index (χ2v) is 13.4. The molecule has 0 aromatic heterocycles. The van der Waals surface area contributed by atoms with Crippen LogP contribution in [0.5, 0.6) is 0 Å². The second-order valence-electron chi connectivity index (χ2n) is 13.4. The topological polar surface area (TPSA) is 98.7 Å². The van der Waals surface area contributed by atoms with E-state index in [2.05, 4.69) is 10.6 Å². The van der Waals surface area contributed by atoms with Crippen molar-refractivity contribution in [1.82, 2.24) is 10.6 Å². The molecule has 6 nitrogen and oxygen atoms in total. The van der Waals surface area contributed by atoms with Gasteiger partial charge in [-0.25, -0.2) is 0 Å². The third-order valence-electron chi connectivity index (χ3n) is 10.2. The molecule has 0 unspecified atom stereocenters. The Morgan fingerprint density at radius 3 is 1.29 bits per heavy atom. The van der Waals surface area contributed by atoms with Crippen LogP contribution in [0.25, 0.3) is 21.5 Å². The fraction of sp³-hybridized carbons (Fsp3) is 0.436. The van der Waals surface area contributed by atoms with Crippen LogP contribution in [-0.2, 0) is 9.59 Å². The number of carbonyl (C=O) groups excluding carboxylic acids is 2. The summed E-state index contributed by atoms with van der Waals surface area (Å²) in [6, 6.07) is 26.7. The number of carbonyl (C=O) groups is 2. The van der Waals surface area contributed by atoms with Crippen LogP contribution >= 0.6 is 0 Å². The fourth-order valence-corrected chi connectivity index (χ4v) is 7.84. The van der Waals surface area contributed by atoms with Gasteiger partial charge in [0.15, 0.2) is 0 Å². The molecule has 0 aliphatic heterocycles. The van der Waals surface area contributed by atoms with Crippen LogP contribution in [0.4, 0.5) is 0 Å². The van der Waals surface area contributed by atoms with Crippen LogP contribution in [0.3, 0.4) is 0 Å². The Hall–Kier alpha value is -3.74. The highest BCUT2D eigenvalue weighted by Gasteiger charge is 2.42.